The SMILES string of the molecule is CC(C)[C@@H]1COc2cc(O)c(Cl)cc2-c2cc(=O)c(C(=O)O)cn21. The van der Waals surface area contributed by atoms with Gasteiger partial charge in [-0.2, -0.15) is 0 Å². The molecular formula is C17H16ClNO5. The number of carbonyl (C=O) groups is 1. The number of hydrogen-bond acceptors (Lipinski definition) is 4. The van der Waals surface area contributed by atoms with Crippen LogP contribution >= 0.6 is 11.6 Å². The standard InChI is InChI=1S/C17H16ClNO5/c1-8(2)13-7-24-16-5-15(21)11(18)3-9(16)12-4-14(20)10(17(22)23)6-19(12)13/h3-6,8,13,21H,7H2,1-2H3,(H,22,23)/t13-/m0/s1. The van der Waals surface area contributed by atoms with Crippen molar-refractivity contribution in [3.05, 3.63) is 45.2 Å². The summed E-state index contributed by atoms with van der Waals surface area (Å²) in [6, 6.07) is 4.02. The van der Waals surface area contributed by atoms with Gasteiger partial charge in [0.1, 0.15) is 23.7 Å². The number of nitrogens with zero attached hydrogens (tertiary/aromatic N) is 1. The predicted octanol–water partition coefficient (Wildman–Crippen LogP) is 3.16. The molecule has 3 rings (SSSR count). The van der Waals surface area contributed by atoms with E-state index in [4.69, 9.17) is 16.3 Å². The molecule has 1 aromatic heterocycles. The number of phenols is 1. The minimum absolute atomic E-state index is 0.116. The number of benzene rings is 1. The van der Waals surface area contributed by atoms with Crippen LogP contribution in [0, 0.1) is 5.92 Å². The maximum atomic E-state index is 12.2. The fraction of sp³-hybridized carbons (Fsp3) is 0.294. The molecule has 0 amide bonds. The van der Waals surface area contributed by atoms with Gasteiger partial charge in [-0.1, -0.05) is 25.4 Å². The zero-order valence-corrected chi connectivity index (χ0v) is 13.9. The summed E-state index contributed by atoms with van der Waals surface area (Å²) in [4.78, 5) is 23.5. The Bertz CT molecular complexity index is 887. The summed E-state index contributed by atoms with van der Waals surface area (Å²) in [5.41, 5.74) is 0.166. The quantitative estimate of drug-likeness (QED) is 0.869. The monoisotopic (exact) mass is 349 g/mol. The Morgan fingerprint density at radius 3 is 2.71 bits per heavy atom. The van der Waals surface area contributed by atoms with Gasteiger partial charge in [0.25, 0.3) is 0 Å². The normalized spacial score (nSPS) is 16.1. The van der Waals surface area contributed by atoms with Crippen molar-refractivity contribution in [1.82, 2.24) is 4.57 Å². The van der Waals surface area contributed by atoms with Gasteiger partial charge in [-0.05, 0) is 12.0 Å². The molecule has 2 heterocycles. The number of halogens is 1. The van der Waals surface area contributed by atoms with E-state index in [1.807, 2.05) is 13.8 Å². The van der Waals surface area contributed by atoms with Crippen LogP contribution in [0.2, 0.25) is 5.02 Å². The third kappa shape index (κ3) is 2.63. The highest BCUT2D eigenvalue weighted by Gasteiger charge is 2.27. The van der Waals surface area contributed by atoms with E-state index in [0.717, 1.165) is 0 Å². The van der Waals surface area contributed by atoms with Gasteiger partial charge in [-0.25, -0.2) is 4.79 Å². The Morgan fingerprint density at radius 2 is 2.08 bits per heavy atom. The van der Waals surface area contributed by atoms with Crippen LogP contribution < -0.4 is 10.2 Å². The highest BCUT2D eigenvalue weighted by atomic mass is 35.5. The summed E-state index contributed by atoms with van der Waals surface area (Å²) >= 11 is 6.00. The molecule has 24 heavy (non-hydrogen) atoms. The number of hydrogen-bond donors (Lipinski definition) is 2. The maximum absolute atomic E-state index is 12.2. The molecule has 0 spiro atoms. The van der Waals surface area contributed by atoms with Crippen LogP contribution in [0.3, 0.4) is 0 Å². The average molecular weight is 350 g/mol. The predicted molar refractivity (Wildman–Crippen MR) is 89.1 cm³/mol. The second-order valence-electron chi connectivity index (χ2n) is 6.07. The summed E-state index contributed by atoms with van der Waals surface area (Å²) in [5, 5.41) is 19.2. The Balaban J connectivity index is 2.35. The molecule has 126 valence electrons. The number of carboxylic acid groups (broad SMARTS) is 1. The molecule has 1 aliphatic rings. The maximum Gasteiger partial charge on any atom is 0.341 e. The summed E-state index contributed by atoms with van der Waals surface area (Å²) in [6.07, 6.45) is 1.35. The molecule has 1 aliphatic heterocycles. The van der Waals surface area contributed by atoms with E-state index < -0.39 is 11.4 Å². The molecule has 6 nitrogen and oxygen atoms in total. The summed E-state index contributed by atoms with van der Waals surface area (Å²) in [7, 11) is 0. The van der Waals surface area contributed by atoms with Gasteiger partial charge in [0.05, 0.1) is 16.8 Å². The van der Waals surface area contributed by atoms with Crippen LogP contribution in [-0.2, 0) is 0 Å². The number of aromatic carboxylic acids is 1. The van der Waals surface area contributed by atoms with Crippen molar-refractivity contribution in [1.29, 1.82) is 0 Å². The van der Waals surface area contributed by atoms with Crippen molar-refractivity contribution in [3.63, 3.8) is 0 Å². The van der Waals surface area contributed by atoms with E-state index in [-0.39, 0.29) is 34.9 Å². The van der Waals surface area contributed by atoms with Gasteiger partial charge in [0.2, 0.25) is 0 Å². The third-order valence-corrected chi connectivity index (χ3v) is 4.47. The number of phenolic OH excluding ortho intramolecular Hbond substituents is 1. The van der Waals surface area contributed by atoms with Crippen molar-refractivity contribution in [2.75, 3.05) is 6.61 Å². The van der Waals surface area contributed by atoms with Crippen molar-refractivity contribution in [2.24, 2.45) is 5.92 Å². The van der Waals surface area contributed by atoms with Crippen LogP contribution in [0.5, 0.6) is 11.5 Å². The molecule has 0 saturated heterocycles. The molecular weight excluding hydrogens is 334 g/mol. The number of pyridine rings is 1. The van der Waals surface area contributed by atoms with E-state index in [1.165, 1.54) is 24.4 Å². The number of aromatic hydroxyl groups is 1. The van der Waals surface area contributed by atoms with Crippen LogP contribution in [0.1, 0.15) is 30.2 Å². The second kappa shape index (κ2) is 5.87. The van der Waals surface area contributed by atoms with Crippen LogP contribution in [0.15, 0.2) is 29.2 Å². The lowest BCUT2D eigenvalue weighted by molar-refractivity contribution is 0.0694. The first-order valence-corrected chi connectivity index (χ1v) is 7.82. The minimum atomic E-state index is -1.27. The van der Waals surface area contributed by atoms with Gasteiger partial charge >= 0.3 is 5.97 Å². The lowest BCUT2D eigenvalue weighted by Gasteiger charge is -2.24. The topological polar surface area (TPSA) is 88.8 Å². The highest BCUT2D eigenvalue weighted by Crippen LogP contribution is 2.41. The largest absolute Gasteiger partial charge is 0.506 e. The molecule has 0 bridgehead atoms. The molecule has 1 atom stereocenters. The van der Waals surface area contributed by atoms with Crippen LogP contribution in [0.4, 0.5) is 0 Å². The van der Waals surface area contributed by atoms with Crippen molar-refractivity contribution in [3.8, 4) is 22.8 Å². The molecule has 0 radical (unpaired) electrons. The Hall–Kier alpha value is -2.47. The Labute approximate surface area is 142 Å². The summed E-state index contributed by atoms with van der Waals surface area (Å²) < 4.78 is 7.54. The number of carboxylic acids is 1. The fourth-order valence-corrected chi connectivity index (χ4v) is 3.00. The molecule has 1 aromatic carbocycles. The van der Waals surface area contributed by atoms with Crippen molar-refractivity contribution < 1.29 is 19.7 Å². The average Bonchev–Trinajstić information content (AvgIpc) is 2.64. The minimum Gasteiger partial charge on any atom is -0.506 e. The van der Waals surface area contributed by atoms with E-state index >= 15 is 0 Å². The molecule has 2 N–H and O–H groups in total. The molecule has 7 heteroatoms. The van der Waals surface area contributed by atoms with E-state index in [0.29, 0.717) is 17.0 Å². The summed E-state index contributed by atoms with van der Waals surface area (Å²) in [6.45, 7) is 4.24. The smallest absolute Gasteiger partial charge is 0.341 e. The van der Waals surface area contributed by atoms with Gasteiger partial charge in [-0.15, -0.1) is 0 Å². The third-order valence-electron chi connectivity index (χ3n) is 4.17. The molecule has 0 saturated carbocycles. The van der Waals surface area contributed by atoms with Gasteiger partial charge < -0.3 is 19.5 Å². The number of ether oxygens (including phenoxy) is 1. The van der Waals surface area contributed by atoms with E-state index in [1.54, 1.807) is 4.57 Å². The molecule has 0 fully saturated rings. The number of rotatable bonds is 2. The lowest BCUT2D eigenvalue weighted by atomic mass is 10.0. The number of fused-ring (bicyclic) bond motifs is 3. The zero-order valence-electron chi connectivity index (χ0n) is 13.1. The second-order valence-corrected chi connectivity index (χ2v) is 6.48. The molecule has 2 aromatic rings. The van der Waals surface area contributed by atoms with E-state index in [2.05, 4.69) is 0 Å². The zero-order chi connectivity index (χ0) is 17.6. The molecule has 0 unspecified atom stereocenters. The number of aromatic nitrogens is 1. The first-order chi connectivity index (χ1) is 11.3. The van der Waals surface area contributed by atoms with Crippen molar-refractivity contribution >= 4 is 17.6 Å². The lowest BCUT2D eigenvalue weighted by Crippen LogP contribution is -2.25. The highest BCUT2D eigenvalue weighted by molar-refractivity contribution is 6.32. The Kier molecular flexibility index (Phi) is 4.01. The van der Waals surface area contributed by atoms with E-state index in [9.17, 15) is 19.8 Å². The Morgan fingerprint density at radius 1 is 1.38 bits per heavy atom. The van der Waals surface area contributed by atoms with Crippen LogP contribution in [-0.4, -0.2) is 27.4 Å². The van der Waals surface area contributed by atoms with Crippen LogP contribution in [0.25, 0.3) is 11.3 Å². The van der Waals surface area contributed by atoms with Gasteiger partial charge in [0, 0.05) is 23.9 Å². The fourth-order valence-electron chi connectivity index (χ4n) is 2.83. The molecule has 0 aliphatic carbocycles. The van der Waals surface area contributed by atoms with Crippen molar-refractivity contribution in [2.45, 2.75) is 19.9 Å². The van der Waals surface area contributed by atoms with Gasteiger partial charge in [-0.3, -0.25) is 4.79 Å². The van der Waals surface area contributed by atoms with Gasteiger partial charge in [0.15, 0.2) is 5.43 Å². The first kappa shape index (κ1) is 16.4. The summed E-state index contributed by atoms with van der Waals surface area (Å²) in [5.74, 6) is -0.857. The first-order valence-electron chi connectivity index (χ1n) is 7.44.